The fraction of sp³-hybridized carbons (Fsp3) is 0.346. The van der Waals surface area contributed by atoms with Gasteiger partial charge in [0.05, 0.1) is 31.6 Å². The maximum absolute atomic E-state index is 15.1. The Morgan fingerprint density at radius 2 is 1.95 bits per heavy atom. The summed E-state index contributed by atoms with van der Waals surface area (Å²) in [5.74, 6) is 0.794. The molecule has 0 radical (unpaired) electrons. The van der Waals surface area contributed by atoms with Gasteiger partial charge in [0.15, 0.2) is 11.5 Å². The lowest BCUT2D eigenvalue weighted by Crippen LogP contribution is -2.48. The third-order valence-electron chi connectivity index (χ3n) is 6.52. The standard InChI is InChI=1S/C26H27FN4O6S/c1-34-25(38)28-14-19-15-31(26(33)37-19)18-4-5-21(20(27)13-18)29-8-10-30(11-9-29)24(32)7-3-17-2-6-22-23(12-17)36-16-35-22/h2-7,12-13,19H,8-11,14-16H2,1H3,(H,28,38)/b7-3+/t19-/m0/s1. The number of amides is 2. The van der Waals surface area contributed by atoms with E-state index < -0.39 is 18.0 Å². The molecule has 2 aromatic carbocycles. The zero-order valence-electron chi connectivity index (χ0n) is 20.7. The van der Waals surface area contributed by atoms with Gasteiger partial charge in [-0.3, -0.25) is 9.69 Å². The molecule has 0 bridgehead atoms. The molecule has 3 heterocycles. The van der Waals surface area contributed by atoms with Gasteiger partial charge in [-0.2, -0.15) is 0 Å². The smallest absolute Gasteiger partial charge is 0.414 e. The predicted molar refractivity (Wildman–Crippen MR) is 142 cm³/mol. The summed E-state index contributed by atoms with van der Waals surface area (Å²) in [5.41, 5.74) is 1.68. The van der Waals surface area contributed by atoms with Crippen molar-refractivity contribution in [3.63, 3.8) is 0 Å². The summed E-state index contributed by atoms with van der Waals surface area (Å²) in [4.78, 5) is 30.0. The predicted octanol–water partition coefficient (Wildman–Crippen LogP) is 2.76. The van der Waals surface area contributed by atoms with E-state index in [1.807, 2.05) is 23.1 Å². The van der Waals surface area contributed by atoms with Gasteiger partial charge in [-0.25, -0.2) is 9.18 Å². The zero-order chi connectivity index (χ0) is 26.6. The molecular formula is C26H27FN4O6S. The number of ether oxygens (including phenoxy) is 4. The number of thiocarbonyl (C=S) groups is 1. The van der Waals surface area contributed by atoms with Crippen LogP contribution >= 0.6 is 12.2 Å². The van der Waals surface area contributed by atoms with E-state index >= 15 is 4.39 Å². The molecule has 1 atom stereocenters. The topological polar surface area (TPSA) is 92.8 Å². The van der Waals surface area contributed by atoms with Crippen LogP contribution in [0.4, 0.5) is 20.6 Å². The number of carbonyl (C=O) groups is 2. The maximum atomic E-state index is 15.1. The Morgan fingerprint density at radius 1 is 1.16 bits per heavy atom. The van der Waals surface area contributed by atoms with Gasteiger partial charge in [0.1, 0.15) is 11.9 Å². The highest BCUT2D eigenvalue weighted by molar-refractivity contribution is 7.80. The van der Waals surface area contributed by atoms with Crippen LogP contribution in [-0.4, -0.2) is 81.4 Å². The summed E-state index contributed by atoms with van der Waals surface area (Å²) in [5, 5.41) is 3.06. The first-order valence-electron chi connectivity index (χ1n) is 12.1. The fourth-order valence-corrected chi connectivity index (χ4v) is 4.57. The quantitative estimate of drug-likeness (QED) is 0.437. The van der Waals surface area contributed by atoms with Gasteiger partial charge >= 0.3 is 6.09 Å². The minimum absolute atomic E-state index is 0.110. The first-order chi connectivity index (χ1) is 18.4. The second-order valence-electron chi connectivity index (χ2n) is 8.88. The Bertz CT molecular complexity index is 1270. The van der Waals surface area contributed by atoms with Crippen LogP contribution in [-0.2, 0) is 14.3 Å². The molecule has 200 valence electrons. The lowest BCUT2D eigenvalue weighted by Gasteiger charge is -2.36. The van der Waals surface area contributed by atoms with E-state index in [0.29, 0.717) is 55.6 Å². The Balaban J connectivity index is 1.15. The second kappa shape index (κ2) is 11.1. The highest BCUT2D eigenvalue weighted by Crippen LogP contribution is 2.33. The molecule has 3 aliphatic rings. The summed E-state index contributed by atoms with van der Waals surface area (Å²) < 4.78 is 36.0. The fourth-order valence-electron chi connectivity index (χ4n) is 4.49. The molecule has 3 aliphatic heterocycles. The number of halogens is 1. The van der Waals surface area contributed by atoms with E-state index in [-0.39, 0.29) is 24.4 Å². The van der Waals surface area contributed by atoms with Crippen molar-refractivity contribution >= 4 is 46.8 Å². The third-order valence-corrected chi connectivity index (χ3v) is 6.83. The molecule has 0 unspecified atom stereocenters. The van der Waals surface area contributed by atoms with E-state index in [4.69, 9.17) is 31.2 Å². The van der Waals surface area contributed by atoms with Crippen molar-refractivity contribution in [3.05, 3.63) is 53.9 Å². The summed E-state index contributed by atoms with van der Waals surface area (Å²) in [7, 11) is 1.45. The van der Waals surface area contributed by atoms with Gasteiger partial charge in [-0.1, -0.05) is 6.07 Å². The number of hydrogen-bond acceptors (Lipinski definition) is 8. The van der Waals surface area contributed by atoms with Crippen molar-refractivity contribution in [1.82, 2.24) is 10.2 Å². The van der Waals surface area contributed by atoms with E-state index in [2.05, 4.69) is 5.32 Å². The molecule has 38 heavy (non-hydrogen) atoms. The number of anilines is 2. The molecule has 2 saturated heterocycles. The second-order valence-corrected chi connectivity index (χ2v) is 9.25. The summed E-state index contributed by atoms with van der Waals surface area (Å²) in [6.45, 7) is 2.65. The Hall–Kier alpha value is -4.06. The summed E-state index contributed by atoms with van der Waals surface area (Å²) in [6, 6.07) is 10.2. The number of rotatable bonds is 6. The molecule has 10 nitrogen and oxygen atoms in total. The van der Waals surface area contributed by atoms with Crippen LogP contribution in [0, 0.1) is 5.82 Å². The van der Waals surface area contributed by atoms with Gasteiger partial charge < -0.3 is 34.1 Å². The van der Waals surface area contributed by atoms with Gasteiger partial charge in [0, 0.05) is 32.3 Å². The third kappa shape index (κ3) is 5.59. The molecule has 12 heteroatoms. The maximum Gasteiger partial charge on any atom is 0.414 e. The van der Waals surface area contributed by atoms with Crippen molar-refractivity contribution in [2.24, 2.45) is 0 Å². The first-order valence-corrected chi connectivity index (χ1v) is 12.5. The molecule has 0 saturated carbocycles. The van der Waals surface area contributed by atoms with Gasteiger partial charge in [0.25, 0.3) is 5.17 Å². The Kier molecular flexibility index (Phi) is 7.50. The summed E-state index contributed by atoms with van der Waals surface area (Å²) >= 11 is 4.93. The number of carbonyl (C=O) groups excluding carboxylic acids is 2. The molecule has 2 amide bonds. The first kappa shape index (κ1) is 25.6. The van der Waals surface area contributed by atoms with E-state index in [1.54, 1.807) is 23.1 Å². The van der Waals surface area contributed by atoms with Crippen LogP contribution < -0.4 is 24.6 Å². The number of piperazine rings is 1. The minimum Gasteiger partial charge on any atom is -0.474 e. The van der Waals surface area contributed by atoms with Crippen molar-refractivity contribution in [1.29, 1.82) is 0 Å². The molecule has 0 aliphatic carbocycles. The molecule has 2 fully saturated rings. The number of nitrogens with zero attached hydrogens (tertiary/aromatic N) is 3. The SMILES string of the molecule is COC(=S)NC[C@H]1CN(c2ccc(N3CCN(C(=O)/C=C/c4ccc5c(c4)OCO5)CC3)c(F)c2)C(=O)O1. The van der Waals surface area contributed by atoms with Gasteiger partial charge in [0.2, 0.25) is 12.7 Å². The van der Waals surface area contributed by atoms with Crippen LogP contribution in [0.5, 0.6) is 11.5 Å². The average molecular weight is 543 g/mol. The lowest BCUT2D eigenvalue weighted by molar-refractivity contribution is -0.126. The number of benzene rings is 2. The van der Waals surface area contributed by atoms with Gasteiger partial charge in [-0.05, 0) is 54.2 Å². The summed E-state index contributed by atoms with van der Waals surface area (Å²) in [6.07, 6.45) is 2.28. The molecule has 1 N–H and O–H groups in total. The molecule has 2 aromatic rings. The molecule has 5 rings (SSSR count). The normalized spacial score (nSPS) is 18.6. The average Bonchev–Trinajstić information content (AvgIpc) is 3.56. The van der Waals surface area contributed by atoms with E-state index in [1.165, 1.54) is 24.2 Å². The van der Waals surface area contributed by atoms with Crippen LogP contribution in [0.1, 0.15) is 5.56 Å². The monoisotopic (exact) mass is 542 g/mol. The van der Waals surface area contributed by atoms with Crippen LogP contribution in [0.25, 0.3) is 6.08 Å². The number of methoxy groups -OCH3 is 1. The lowest BCUT2D eigenvalue weighted by atomic mass is 10.1. The Morgan fingerprint density at radius 3 is 2.71 bits per heavy atom. The number of hydrogen-bond donors (Lipinski definition) is 1. The van der Waals surface area contributed by atoms with Crippen molar-refractivity contribution in [3.8, 4) is 11.5 Å². The molecule has 0 aromatic heterocycles. The van der Waals surface area contributed by atoms with Crippen molar-refractivity contribution in [2.75, 3.05) is 63.0 Å². The highest BCUT2D eigenvalue weighted by Gasteiger charge is 2.33. The molecular weight excluding hydrogens is 515 g/mol. The van der Waals surface area contributed by atoms with Crippen LogP contribution in [0.15, 0.2) is 42.5 Å². The number of cyclic esters (lactones) is 1. The Labute approximate surface area is 224 Å². The van der Waals surface area contributed by atoms with Crippen LogP contribution in [0.3, 0.4) is 0 Å². The number of fused-ring (bicyclic) bond motifs is 1. The number of nitrogens with one attached hydrogen (secondary N) is 1. The zero-order valence-corrected chi connectivity index (χ0v) is 21.5. The highest BCUT2D eigenvalue weighted by atomic mass is 32.1. The van der Waals surface area contributed by atoms with E-state index in [9.17, 15) is 9.59 Å². The molecule has 0 spiro atoms. The largest absolute Gasteiger partial charge is 0.474 e. The van der Waals surface area contributed by atoms with Crippen LogP contribution in [0.2, 0.25) is 0 Å². The van der Waals surface area contributed by atoms with E-state index in [0.717, 1.165) is 5.56 Å². The van der Waals surface area contributed by atoms with Crippen molar-refractivity contribution < 1.29 is 32.9 Å². The van der Waals surface area contributed by atoms with Crippen molar-refractivity contribution in [2.45, 2.75) is 6.10 Å². The minimum atomic E-state index is -0.548. The van der Waals surface area contributed by atoms with Gasteiger partial charge in [-0.15, -0.1) is 0 Å².